The van der Waals surface area contributed by atoms with E-state index in [1.54, 1.807) is 13.1 Å². The molecule has 0 spiro atoms. The SMILES string of the molecule is CC[C@](C)(N)C(=O)N[C@H]1Cc2ccncc2C2CC[C@H](C(=O)OCc3ccccc3)N2C2OC21. The maximum absolute atomic E-state index is 13.2. The number of ether oxygens (including phenoxy) is 2. The molecule has 0 saturated carbocycles. The molecule has 8 nitrogen and oxygen atoms in total. The van der Waals surface area contributed by atoms with Crippen LogP contribution >= 0.6 is 0 Å². The molecule has 0 aliphatic carbocycles. The number of rotatable bonds is 6. The summed E-state index contributed by atoms with van der Waals surface area (Å²) >= 11 is 0. The number of nitrogens with zero attached hydrogens (tertiary/aromatic N) is 2. The van der Waals surface area contributed by atoms with Crippen LogP contribution in [0.4, 0.5) is 0 Å². The number of amides is 1. The number of hydrogen-bond acceptors (Lipinski definition) is 7. The third-order valence-corrected chi connectivity index (χ3v) is 7.44. The largest absolute Gasteiger partial charge is 0.460 e. The Bertz CT molecular complexity index is 1060. The van der Waals surface area contributed by atoms with Crippen LogP contribution in [0.5, 0.6) is 0 Å². The van der Waals surface area contributed by atoms with Crippen LogP contribution in [0.25, 0.3) is 0 Å². The molecule has 8 heteroatoms. The first-order valence-corrected chi connectivity index (χ1v) is 12.0. The Kier molecular flexibility index (Phi) is 6.14. The maximum atomic E-state index is 13.2. The third kappa shape index (κ3) is 4.33. The molecule has 34 heavy (non-hydrogen) atoms. The average molecular weight is 465 g/mol. The molecule has 3 aliphatic heterocycles. The minimum absolute atomic E-state index is 0.0278. The van der Waals surface area contributed by atoms with Crippen molar-refractivity contribution in [3.05, 3.63) is 65.5 Å². The quantitative estimate of drug-likeness (QED) is 0.498. The van der Waals surface area contributed by atoms with Gasteiger partial charge in [-0.05, 0) is 55.4 Å². The molecule has 2 fully saturated rings. The Morgan fingerprint density at radius 3 is 2.82 bits per heavy atom. The number of carbonyl (C=O) groups excluding carboxylic acids is 2. The van der Waals surface area contributed by atoms with E-state index >= 15 is 0 Å². The number of epoxide rings is 1. The van der Waals surface area contributed by atoms with Crippen molar-refractivity contribution in [1.29, 1.82) is 0 Å². The lowest BCUT2D eigenvalue weighted by Crippen LogP contribution is -2.56. The molecule has 5 rings (SSSR count). The average Bonchev–Trinajstić information content (AvgIpc) is 3.51. The zero-order chi connectivity index (χ0) is 23.9. The first kappa shape index (κ1) is 23.0. The van der Waals surface area contributed by atoms with Gasteiger partial charge >= 0.3 is 5.97 Å². The van der Waals surface area contributed by atoms with Gasteiger partial charge in [0, 0.05) is 18.4 Å². The lowest BCUT2D eigenvalue weighted by atomic mass is 9.91. The Labute approximate surface area is 199 Å². The molecule has 0 radical (unpaired) electrons. The van der Waals surface area contributed by atoms with Gasteiger partial charge in [-0.15, -0.1) is 0 Å². The number of pyridine rings is 1. The fourth-order valence-electron chi connectivity index (χ4n) is 5.12. The van der Waals surface area contributed by atoms with Gasteiger partial charge in [0.25, 0.3) is 0 Å². The second-order valence-electron chi connectivity index (χ2n) is 9.77. The predicted molar refractivity (Wildman–Crippen MR) is 125 cm³/mol. The highest BCUT2D eigenvalue weighted by atomic mass is 16.6. The van der Waals surface area contributed by atoms with E-state index in [1.165, 1.54) is 0 Å². The lowest BCUT2D eigenvalue weighted by Gasteiger charge is -2.33. The topological polar surface area (TPSA) is 110 Å². The van der Waals surface area contributed by atoms with Crippen molar-refractivity contribution in [3.63, 3.8) is 0 Å². The van der Waals surface area contributed by atoms with Gasteiger partial charge in [-0.2, -0.15) is 0 Å². The molecule has 1 aromatic heterocycles. The van der Waals surface area contributed by atoms with E-state index < -0.39 is 11.6 Å². The van der Waals surface area contributed by atoms with Gasteiger partial charge < -0.3 is 20.5 Å². The molecule has 3 unspecified atom stereocenters. The standard InChI is InChI=1S/C26H32N4O4/c1-3-26(2,27)25(32)29-19-13-17-11-12-28-14-18(17)20-9-10-21(30(20)23-22(19)34-23)24(31)33-15-16-7-5-4-6-8-16/h4-8,11-12,14,19-23H,3,9-10,13,15,27H2,1-2H3,(H,29,32)/t19-,20?,21+,22?,23?,26-/m0/s1. The summed E-state index contributed by atoms with van der Waals surface area (Å²) in [7, 11) is 0. The summed E-state index contributed by atoms with van der Waals surface area (Å²) < 4.78 is 11.8. The Morgan fingerprint density at radius 2 is 2.06 bits per heavy atom. The minimum Gasteiger partial charge on any atom is -0.460 e. The maximum Gasteiger partial charge on any atom is 0.323 e. The summed E-state index contributed by atoms with van der Waals surface area (Å²) in [5.41, 5.74) is 8.39. The third-order valence-electron chi connectivity index (χ3n) is 7.44. The molecule has 1 amide bonds. The normalized spacial score (nSPS) is 29.4. The van der Waals surface area contributed by atoms with Crippen LogP contribution < -0.4 is 11.1 Å². The van der Waals surface area contributed by atoms with E-state index in [1.807, 2.05) is 49.5 Å². The molecule has 3 N–H and O–H groups in total. The highest BCUT2D eigenvalue weighted by Gasteiger charge is 2.58. The van der Waals surface area contributed by atoms with E-state index in [2.05, 4.69) is 15.2 Å². The van der Waals surface area contributed by atoms with Crippen molar-refractivity contribution in [1.82, 2.24) is 15.2 Å². The van der Waals surface area contributed by atoms with Crippen LogP contribution in [0.15, 0.2) is 48.8 Å². The molecule has 2 aromatic rings. The first-order chi connectivity index (χ1) is 16.4. The van der Waals surface area contributed by atoms with Gasteiger partial charge in [0.2, 0.25) is 5.91 Å². The lowest BCUT2D eigenvalue weighted by molar-refractivity contribution is -0.151. The van der Waals surface area contributed by atoms with Crippen molar-refractivity contribution in [2.24, 2.45) is 5.73 Å². The van der Waals surface area contributed by atoms with Gasteiger partial charge in [-0.25, -0.2) is 0 Å². The molecule has 3 aliphatic rings. The molecule has 4 heterocycles. The number of nitrogens with one attached hydrogen (secondary N) is 1. The van der Waals surface area contributed by atoms with E-state index in [4.69, 9.17) is 15.2 Å². The van der Waals surface area contributed by atoms with Crippen LogP contribution in [0, 0.1) is 0 Å². The summed E-state index contributed by atoms with van der Waals surface area (Å²) in [6, 6.07) is 11.1. The van der Waals surface area contributed by atoms with E-state index in [0.717, 1.165) is 23.1 Å². The highest BCUT2D eigenvalue weighted by Crippen LogP contribution is 2.47. The minimum atomic E-state index is -0.951. The van der Waals surface area contributed by atoms with Crippen LogP contribution in [-0.2, 0) is 32.1 Å². The Hall–Kier alpha value is -2.81. The molecule has 1 aromatic carbocycles. The van der Waals surface area contributed by atoms with E-state index in [-0.39, 0.29) is 42.9 Å². The molecule has 2 saturated heterocycles. The fraction of sp³-hybridized carbons (Fsp3) is 0.500. The monoisotopic (exact) mass is 464 g/mol. The number of hydrogen-bond donors (Lipinski definition) is 2. The molecule has 0 bridgehead atoms. The number of carbonyl (C=O) groups is 2. The Balaban J connectivity index is 1.38. The highest BCUT2D eigenvalue weighted by molar-refractivity contribution is 5.86. The van der Waals surface area contributed by atoms with E-state index in [0.29, 0.717) is 19.3 Å². The molecular formula is C26H32N4O4. The van der Waals surface area contributed by atoms with Crippen molar-refractivity contribution in [3.8, 4) is 0 Å². The van der Waals surface area contributed by atoms with Crippen molar-refractivity contribution in [2.45, 2.75) is 82.1 Å². The number of benzene rings is 1. The first-order valence-electron chi connectivity index (χ1n) is 12.0. The smallest absolute Gasteiger partial charge is 0.323 e. The van der Waals surface area contributed by atoms with Crippen LogP contribution in [-0.4, -0.2) is 51.7 Å². The molecular weight excluding hydrogens is 432 g/mol. The summed E-state index contributed by atoms with van der Waals surface area (Å²) in [6.07, 6.45) is 5.87. The summed E-state index contributed by atoms with van der Waals surface area (Å²) in [4.78, 5) is 32.5. The fourth-order valence-corrected chi connectivity index (χ4v) is 5.12. The predicted octanol–water partition coefficient (Wildman–Crippen LogP) is 2.22. The molecule has 180 valence electrons. The van der Waals surface area contributed by atoms with Gasteiger partial charge in [0.1, 0.15) is 25.0 Å². The summed E-state index contributed by atoms with van der Waals surface area (Å²) in [5, 5.41) is 3.13. The summed E-state index contributed by atoms with van der Waals surface area (Å²) in [5.74, 6) is -0.435. The van der Waals surface area contributed by atoms with Gasteiger partial charge in [0.05, 0.1) is 11.6 Å². The van der Waals surface area contributed by atoms with Gasteiger partial charge in [0.15, 0.2) is 0 Å². The molecule has 6 atom stereocenters. The van der Waals surface area contributed by atoms with Crippen molar-refractivity contribution >= 4 is 11.9 Å². The van der Waals surface area contributed by atoms with Crippen LogP contribution in [0.3, 0.4) is 0 Å². The number of esters is 1. The number of fused-ring (bicyclic) bond motifs is 5. The zero-order valence-electron chi connectivity index (χ0n) is 19.6. The van der Waals surface area contributed by atoms with Crippen LogP contribution in [0.1, 0.15) is 55.8 Å². The Morgan fingerprint density at radius 1 is 1.26 bits per heavy atom. The summed E-state index contributed by atoms with van der Waals surface area (Å²) in [6.45, 7) is 3.88. The number of nitrogens with two attached hydrogens (primary N) is 1. The van der Waals surface area contributed by atoms with Gasteiger partial charge in [-0.1, -0.05) is 37.3 Å². The number of aromatic nitrogens is 1. The van der Waals surface area contributed by atoms with Gasteiger partial charge in [-0.3, -0.25) is 19.5 Å². The van der Waals surface area contributed by atoms with Crippen LogP contribution in [0.2, 0.25) is 0 Å². The second kappa shape index (κ2) is 9.09. The van der Waals surface area contributed by atoms with Crippen molar-refractivity contribution in [2.75, 3.05) is 0 Å². The van der Waals surface area contributed by atoms with Crippen molar-refractivity contribution < 1.29 is 19.1 Å². The second-order valence-corrected chi connectivity index (χ2v) is 9.77. The van der Waals surface area contributed by atoms with E-state index in [9.17, 15) is 9.59 Å². The zero-order valence-corrected chi connectivity index (χ0v) is 19.6.